The Kier molecular flexibility index (Phi) is 5.99. The Bertz CT molecular complexity index is 989. The summed E-state index contributed by atoms with van der Waals surface area (Å²) < 4.78 is 27.1. The molecule has 0 amide bonds. The summed E-state index contributed by atoms with van der Waals surface area (Å²) in [5.74, 6) is 0. The molecule has 0 saturated carbocycles. The van der Waals surface area contributed by atoms with Gasteiger partial charge in [0, 0.05) is 6.54 Å². The monoisotopic (exact) mass is 400 g/mol. The maximum absolute atomic E-state index is 12.2. The van der Waals surface area contributed by atoms with Crippen LogP contribution >= 0.6 is 11.3 Å². The highest BCUT2D eigenvalue weighted by atomic mass is 32.2. The smallest absolute Gasteiger partial charge is 0.235 e. The van der Waals surface area contributed by atoms with Crippen LogP contribution in [0.4, 0.5) is 5.69 Å². The number of sulfonamides is 1. The van der Waals surface area contributed by atoms with Gasteiger partial charge in [-0.1, -0.05) is 48.5 Å². The number of thiophene rings is 1. The molecule has 0 aliphatic heterocycles. The average Bonchev–Trinajstić information content (AvgIpc) is 3.10. The summed E-state index contributed by atoms with van der Waals surface area (Å²) in [5, 5.41) is 4.58. The van der Waals surface area contributed by atoms with Gasteiger partial charge < -0.3 is 5.32 Å². The molecule has 0 unspecified atom stereocenters. The lowest BCUT2D eigenvalue weighted by molar-refractivity contribution is 0.593. The van der Waals surface area contributed by atoms with Crippen LogP contribution < -0.4 is 10.0 Å². The first-order chi connectivity index (χ1) is 12.9. The van der Waals surface area contributed by atoms with Gasteiger partial charge in [0.05, 0.1) is 15.8 Å². The van der Waals surface area contributed by atoms with Crippen LogP contribution in [0.5, 0.6) is 0 Å². The van der Waals surface area contributed by atoms with E-state index in [1.165, 1.54) is 16.9 Å². The summed E-state index contributed by atoms with van der Waals surface area (Å²) in [5.41, 5.74) is 5.18. The van der Waals surface area contributed by atoms with Gasteiger partial charge in [-0.15, -0.1) is 11.3 Å². The maximum atomic E-state index is 12.2. The van der Waals surface area contributed by atoms with Crippen LogP contribution in [-0.4, -0.2) is 20.7 Å². The highest BCUT2D eigenvalue weighted by molar-refractivity contribution is 7.93. The molecule has 27 heavy (non-hydrogen) atoms. The van der Waals surface area contributed by atoms with Crippen LogP contribution in [0.2, 0.25) is 0 Å². The van der Waals surface area contributed by atoms with Crippen molar-refractivity contribution in [3.8, 4) is 21.6 Å². The Morgan fingerprint density at radius 2 is 1.44 bits per heavy atom. The standard InChI is InChI=1S/C21H24N2O2S2/c1-15(2)27(24,25)23-20-12-13-26-21(20)19-10-8-18(9-11-19)17-6-4-16(5-7-17)14-22-3/h4-13,15,22-23H,14H2,1-3H3. The van der Waals surface area contributed by atoms with E-state index in [-0.39, 0.29) is 0 Å². The third-order valence-electron chi connectivity index (χ3n) is 4.35. The van der Waals surface area contributed by atoms with Crippen LogP contribution in [0.25, 0.3) is 21.6 Å². The third kappa shape index (κ3) is 4.58. The molecule has 2 N–H and O–H groups in total. The number of rotatable bonds is 7. The van der Waals surface area contributed by atoms with Crippen LogP contribution in [0.1, 0.15) is 19.4 Å². The molecule has 142 valence electrons. The first kappa shape index (κ1) is 19.6. The number of anilines is 1. The molecule has 3 rings (SSSR count). The van der Waals surface area contributed by atoms with Crippen molar-refractivity contribution in [2.75, 3.05) is 11.8 Å². The molecule has 3 aromatic rings. The normalized spacial score (nSPS) is 11.7. The van der Waals surface area contributed by atoms with E-state index in [9.17, 15) is 8.42 Å². The molecule has 1 aromatic heterocycles. The molecule has 0 bridgehead atoms. The number of hydrogen-bond donors (Lipinski definition) is 2. The van der Waals surface area contributed by atoms with Crippen molar-refractivity contribution in [1.29, 1.82) is 0 Å². The molecule has 0 fully saturated rings. The van der Waals surface area contributed by atoms with Crippen LogP contribution in [-0.2, 0) is 16.6 Å². The van der Waals surface area contributed by atoms with Gasteiger partial charge in [0.25, 0.3) is 0 Å². The zero-order chi connectivity index (χ0) is 19.4. The molecule has 0 saturated heterocycles. The fourth-order valence-corrected chi connectivity index (χ4v) is 4.35. The molecule has 0 spiro atoms. The fourth-order valence-electron chi connectivity index (χ4n) is 2.72. The second-order valence-electron chi connectivity index (χ2n) is 6.66. The van der Waals surface area contributed by atoms with Crippen molar-refractivity contribution in [1.82, 2.24) is 5.32 Å². The molecule has 6 heteroatoms. The van der Waals surface area contributed by atoms with Crippen molar-refractivity contribution < 1.29 is 8.42 Å². The molecule has 4 nitrogen and oxygen atoms in total. The summed E-state index contributed by atoms with van der Waals surface area (Å²) in [4.78, 5) is 0.926. The number of hydrogen-bond acceptors (Lipinski definition) is 4. The maximum Gasteiger partial charge on any atom is 0.235 e. The zero-order valence-electron chi connectivity index (χ0n) is 15.7. The van der Waals surface area contributed by atoms with E-state index in [1.54, 1.807) is 13.8 Å². The van der Waals surface area contributed by atoms with E-state index >= 15 is 0 Å². The van der Waals surface area contributed by atoms with Crippen LogP contribution in [0, 0.1) is 0 Å². The van der Waals surface area contributed by atoms with E-state index in [4.69, 9.17) is 0 Å². The lowest BCUT2D eigenvalue weighted by atomic mass is 10.0. The van der Waals surface area contributed by atoms with Gasteiger partial charge in [0.15, 0.2) is 0 Å². The highest BCUT2D eigenvalue weighted by Crippen LogP contribution is 2.35. The molecule has 0 aliphatic carbocycles. The van der Waals surface area contributed by atoms with E-state index in [2.05, 4.69) is 46.4 Å². The van der Waals surface area contributed by atoms with E-state index < -0.39 is 15.3 Å². The quantitative estimate of drug-likeness (QED) is 0.590. The molecule has 0 atom stereocenters. The van der Waals surface area contributed by atoms with Crippen molar-refractivity contribution in [2.45, 2.75) is 25.6 Å². The molecular weight excluding hydrogens is 376 g/mol. The topological polar surface area (TPSA) is 58.2 Å². The summed E-state index contributed by atoms with van der Waals surface area (Å²) in [6.07, 6.45) is 0. The van der Waals surface area contributed by atoms with E-state index in [1.807, 2.05) is 30.6 Å². The van der Waals surface area contributed by atoms with Gasteiger partial charge in [-0.05, 0) is 54.6 Å². The Balaban J connectivity index is 1.83. The summed E-state index contributed by atoms with van der Waals surface area (Å²) in [6.45, 7) is 4.20. The van der Waals surface area contributed by atoms with Gasteiger partial charge in [-0.2, -0.15) is 0 Å². The molecular formula is C21H24N2O2S2. The summed E-state index contributed by atoms with van der Waals surface area (Å²) in [6, 6.07) is 18.5. The minimum absolute atomic E-state index is 0.474. The Morgan fingerprint density at radius 3 is 2.00 bits per heavy atom. The average molecular weight is 401 g/mol. The van der Waals surface area contributed by atoms with Gasteiger partial charge in [0.1, 0.15) is 0 Å². The molecule has 2 aromatic carbocycles. The van der Waals surface area contributed by atoms with E-state index in [0.717, 1.165) is 28.1 Å². The van der Waals surface area contributed by atoms with Crippen molar-refractivity contribution in [3.63, 3.8) is 0 Å². The second-order valence-corrected chi connectivity index (χ2v) is 9.82. The van der Waals surface area contributed by atoms with Gasteiger partial charge in [0.2, 0.25) is 10.0 Å². The lowest BCUT2D eigenvalue weighted by Crippen LogP contribution is -2.22. The minimum Gasteiger partial charge on any atom is -0.316 e. The van der Waals surface area contributed by atoms with Crippen molar-refractivity contribution >= 4 is 27.0 Å². The predicted molar refractivity (Wildman–Crippen MR) is 116 cm³/mol. The fraction of sp³-hybridized carbons (Fsp3) is 0.238. The van der Waals surface area contributed by atoms with Gasteiger partial charge >= 0.3 is 0 Å². The van der Waals surface area contributed by atoms with E-state index in [0.29, 0.717) is 5.69 Å². The minimum atomic E-state index is -3.36. The first-order valence-corrected chi connectivity index (χ1v) is 11.3. The molecule has 1 heterocycles. The summed E-state index contributed by atoms with van der Waals surface area (Å²) >= 11 is 1.53. The predicted octanol–water partition coefficient (Wildman–Crippen LogP) is 4.95. The van der Waals surface area contributed by atoms with Gasteiger partial charge in [-0.3, -0.25) is 4.72 Å². The summed E-state index contributed by atoms with van der Waals surface area (Å²) in [7, 11) is -1.42. The number of nitrogens with one attached hydrogen (secondary N) is 2. The molecule has 0 aliphatic rings. The largest absolute Gasteiger partial charge is 0.316 e. The van der Waals surface area contributed by atoms with Crippen molar-refractivity contribution in [2.24, 2.45) is 0 Å². The van der Waals surface area contributed by atoms with Crippen LogP contribution in [0.15, 0.2) is 60.0 Å². The SMILES string of the molecule is CNCc1ccc(-c2ccc(-c3sccc3NS(=O)(=O)C(C)C)cc2)cc1. The number of benzene rings is 2. The Morgan fingerprint density at radius 1 is 0.889 bits per heavy atom. The van der Waals surface area contributed by atoms with Crippen molar-refractivity contribution in [3.05, 3.63) is 65.5 Å². The second kappa shape index (κ2) is 8.25. The highest BCUT2D eigenvalue weighted by Gasteiger charge is 2.18. The Hall–Kier alpha value is -2.15. The Labute approximate surface area is 165 Å². The van der Waals surface area contributed by atoms with Crippen LogP contribution in [0.3, 0.4) is 0 Å². The first-order valence-electron chi connectivity index (χ1n) is 8.84. The molecule has 0 radical (unpaired) electrons. The van der Waals surface area contributed by atoms with Gasteiger partial charge in [-0.25, -0.2) is 8.42 Å². The zero-order valence-corrected chi connectivity index (χ0v) is 17.3. The lowest BCUT2D eigenvalue weighted by Gasteiger charge is -2.12. The third-order valence-corrected chi connectivity index (χ3v) is 7.06.